The Hall–Kier alpha value is -2.18. The molecule has 2 aliphatic heterocycles. The number of carbonyl (C=O) groups excluding carboxylic acids is 2. The standard InChI is InChI=1S/C17H23N3O7S2/c1-3-27-17(22)18-7-9-19(10-8-18)29(25,26)15-12-14(5-4-13(15)2)20-16(21)6-11-28(20,23)24/h4-5,12H,3,6-11H2,1-2H3. The van der Waals surface area contributed by atoms with E-state index in [4.69, 9.17) is 4.74 Å². The molecular weight excluding hydrogens is 422 g/mol. The molecule has 0 unspecified atom stereocenters. The monoisotopic (exact) mass is 445 g/mol. The van der Waals surface area contributed by atoms with Gasteiger partial charge in [0.25, 0.3) is 0 Å². The summed E-state index contributed by atoms with van der Waals surface area (Å²) in [5, 5.41) is 0. The zero-order valence-electron chi connectivity index (χ0n) is 16.2. The van der Waals surface area contributed by atoms with E-state index in [9.17, 15) is 26.4 Å². The second-order valence-corrected chi connectivity index (χ2v) is 10.6. The first-order valence-electron chi connectivity index (χ1n) is 9.16. The summed E-state index contributed by atoms with van der Waals surface area (Å²) < 4.78 is 57.5. The largest absolute Gasteiger partial charge is 0.450 e. The molecule has 2 saturated heterocycles. The summed E-state index contributed by atoms with van der Waals surface area (Å²) in [6.45, 7) is 4.09. The van der Waals surface area contributed by atoms with Gasteiger partial charge in [-0.05, 0) is 31.5 Å². The zero-order valence-corrected chi connectivity index (χ0v) is 17.8. The molecule has 1 aromatic rings. The lowest BCUT2D eigenvalue weighted by Crippen LogP contribution is -2.50. The van der Waals surface area contributed by atoms with E-state index in [0.29, 0.717) is 9.87 Å². The minimum absolute atomic E-state index is 0.0156. The van der Waals surface area contributed by atoms with Crippen molar-refractivity contribution in [1.29, 1.82) is 0 Å². The maximum absolute atomic E-state index is 13.2. The lowest BCUT2D eigenvalue weighted by Gasteiger charge is -2.33. The molecule has 3 rings (SSSR count). The molecule has 0 aliphatic carbocycles. The Kier molecular flexibility index (Phi) is 5.88. The molecule has 1 aromatic carbocycles. The molecule has 29 heavy (non-hydrogen) atoms. The van der Waals surface area contributed by atoms with Gasteiger partial charge < -0.3 is 9.64 Å². The van der Waals surface area contributed by atoms with E-state index < -0.39 is 32.0 Å². The van der Waals surface area contributed by atoms with E-state index in [0.717, 1.165) is 0 Å². The van der Waals surface area contributed by atoms with Crippen molar-refractivity contribution in [3.63, 3.8) is 0 Å². The molecule has 12 heteroatoms. The summed E-state index contributed by atoms with van der Waals surface area (Å²) in [7, 11) is -7.73. The van der Waals surface area contributed by atoms with Gasteiger partial charge >= 0.3 is 6.09 Å². The molecule has 10 nitrogen and oxygen atoms in total. The average Bonchev–Trinajstić information content (AvgIpc) is 2.95. The highest BCUT2D eigenvalue weighted by atomic mass is 32.2. The van der Waals surface area contributed by atoms with Crippen LogP contribution in [0.5, 0.6) is 0 Å². The van der Waals surface area contributed by atoms with Gasteiger partial charge in [0, 0.05) is 32.6 Å². The third-order valence-electron chi connectivity index (χ3n) is 4.87. The number of nitrogens with zero attached hydrogens (tertiary/aromatic N) is 3. The van der Waals surface area contributed by atoms with Crippen LogP contribution in [0.4, 0.5) is 10.5 Å². The molecule has 160 valence electrons. The fraction of sp³-hybridized carbons (Fsp3) is 0.529. The van der Waals surface area contributed by atoms with Crippen LogP contribution in [0.25, 0.3) is 0 Å². The molecule has 0 aromatic heterocycles. The summed E-state index contributed by atoms with van der Waals surface area (Å²) in [6, 6.07) is 4.13. The van der Waals surface area contributed by atoms with Crippen LogP contribution in [0.2, 0.25) is 0 Å². The van der Waals surface area contributed by atoms with Crippen molar-refractivity contribution in [3.8, 4) is 0 Å². The minimum atomic E-state index is -3.94. The highest BCUT2D eigenvalue weighted by molar-refractivity contribution is 7.94. The summed E-state index contributed by atoms with van der Waals surface area (Å²) in [6.07, 6.45) is -0.617. The summed E-state index contributed by atoms with van der Waals surface area (Å²) in [5.41, 5.74) is 0.451. The lowest BCUT2D eigenvalue weighted by atomic mass is 10.2. The molecule has 2 amide bonds. The first-order valence-corrected chi connectivity index (χ1v) is 12.2. The fourth-order valence-electron chi connectivity index (χ4n) is 3.33. The van der Waals surface area contributed by atoms with Crippen LogP contribution in [0, 0.1) is 6.92 Å². The van der Waals surface area contributed by atoms with Gasteiger partial charge in [0.05, 0.1) is 22.9 Å². The van der Waals surface area contributed by atoms with Crippen molar-refractivity contribution in [2.24, 2.45) is 0 Å². The second-order valence-electron chi connectivity index (χ2n) is 6.76. The lowest BCUT2D eigenvalue weighted by molar-refractivity contribution is -0.116. The van der Waals surface area contributed by atoms with Crippen LogP contribution in [-0.2, 0) is 29.6 Å². The van der Waals surface area contributed by atoms with E-state index in [1.54, 1.807) is 13.8 Å². The Morgan fingerprint density at radius 1 is 1.17 bits per heavy atom. The van der Waals surface area contributed by atoms with E-state index in [2.05, 4.69) is 0 Å². The van der Waals surface area contributed by atoms with E-state index in [1.807, 2.05) is 0 Å². The smallest absolute Gasteiger partial charge is 0.409 e. The Bertz CT molecular complexity index is 1030. The third-order valence-corrected chi connectivity index (χ3v) is 8.60. The zero-order chi connectivity index (χ0) is 21.4. The van der Waals surface area contributed by atoms with Crippen molar-refractivity contribution in [2.75, 3.05) is 42.8 Å². The number of ether oxygens (including phenoxy) is 1. The van der Waals surface area contributed by atoms with Crippen molar-refractivity contribution >= 4 is 37.7 Å². The van der Waals surface area contributed by atoms with Crippen LogP contribution in [0.3, 0.4) is 0 Å². The number of carbonyl (C=O) groups is 2. The molecular formula is C17H23N3O7S2. The van der Waals surface area contributed by atoms with Crippen LogP contribution < -0.4 is 4.31 Å². The summed E-state index contributed by atoms with van der Waals surface area (Å²) >= 11 is 0. The van der Waals surface area contributed by atoms with Gasteiger partial charge in [0.2, 0.25) is 26.0 Å². The van der Waals surface area contributed by atoms with Crippen molar-refractivity contribution in [3.05, 3.63) is 23.8 Å². The molecule has 0 atom stereocenters. The number of sulfonamides is 2. The van der Waals surface area contributed by atoms with Gasteiger partial charge in [-0.15, -0.1) is 0 Å². The van der Waals surface area contributed by atoms with Crippen LogP contribution in [-0.4, -0.2) is 76.6 Å². The highest BCUT2D eigenvalue weighted by Crippen LogP contribution is 2.30. The molecule has 0 radical (unpaired) electrons. The molecule has 2 heterocycles. The fourth-order valence-corrected chi connectivity index (χ4v) is 6.44. The second kappa shape index (κ2) is 7.92. The van der Waals surface area contributed by atoms with Gasteiger partial charge in [-0.25, -0.2) is 25.9 Å². The van der Waals surface area contributed by atoms with E-state index in [1.165, 1.54) is 27.4 Å². The van der Waals surface area contributed by atoms with Crippen LogP contribution >= 0.6 is 0 Å². The normalized spacial score (nSPS) is 20.1. The maximum atomic E-state index is 13.2. The number of amides is 2. The molecule has 0 N–H and O–H groups in total. The molecule has 0 bridgehead atoms. The first kappa shape index (κ1) is 21.5. The highest BCUT2D eigenvalue weighted by Gasteiger charge is 2.38. The van der Waals surface area contributed by atoms with Gasteiger partial charge in [0.1, 0.15) is 0 Å². The predicted molar refractivity (Wildman–Crippen MR) is 104 cm³/mol. The van der Waals surface area contributed by atoms with Crippen LogP contribution in [0.15, 0.2) is 23.1 Å². The molecule has 0 saturated carbocycles. The van der Waals surface area contributed by atoms with Crippen molar-refractivity contribution in [1.82, 2.24) is 9.21 Å². The number of aryl methyl sites for hydroxylation is 1. The van der Waals surface area contributed by atoms with Gasteiger partial charge in [0.15, 0.2) is 0 Å². The van der Waals surface area contributed by atoms with E-state index in [-0.39, 0.29) is 55.5 Å². The third kappa shape index (κ3) is 4.09. The number of benzene rings is 1. The topological polar surface area (TPSA) is 121 Å². The quantitative estimate of drug-likeness (QED) is 0.662. The number of hydrogen-bond donors (Lipinski definition) is 0. The number of anilines is 1. The summed E-state index contributed by atoms with van der Waals surface area (Å²) in [5.74, 6) is -0.877. The number of hydrogen-bond acceptors (Lipinski definition) is 7. The van der Waals surface area contributed by atoms with Gasteiger partial charge in [-0.1, -0.05) is 6.07 Å². The average molecular weight is 446 g/mol. The Morgan fingerprint density at radius 2 is 1.83 bits per heavy atom. The minimum Gasteiger partial charge on any atom is -0.450 e. The van der Waals surface area contributed by atoms with E-state index >= 15 is 0 Å². The number of rotatable bonds is 4. The Labute approximate surface area is 170 Å². The first-order chi connectivity index (χ1) is 13.6. The van der Waals surface area contributed by atoms with Crippen molar-refractivity contribution in [2.45, 2.75) is 25.2 Å². The van der Waals surface area contributed by atoms with Crippen LogP contribution in [0.1, 0.15) is 18.9 Å². The van der Waals surface area contributed by atoms with Gasteiger partial charge in [-0.2, -0.15) is 4.31 Å². The van der Waals surface area contributed by atoms with Crippen molar-refractivity contribution < 1.29 is 31.2 Å². The summed E-state index contributed by atoms with van der Waals surface area (Å²) in [4.78, 5) is 25.2. The molecule has 2 aliphatic rings. The number of piperazine rings is 1. The maximum Gasteiger partial charge on any atom is 0.409 e. The predicted octanol–water partition coefficient (Wildman–Crippen LogP) is 0.524. The SMILES string of the molecule is CCOC(=O)N1CCN(S(=O)(=O)c2cc(N3C(=O)CCS3(=O)=O)ccc2C)CC1. The molecule has 0 spiro atoms. The Morgan fingerprint density at radius 3 is 2.38 bits per heavy atom. The van der Waals surface area contributed by atoms with Gasteiger partial charge in [-0.3, -0.25) is 4.79 Å². The molecule has 2 fully saturated rings. The Balaban J connectivity index is 1.86.